The zero-order valence-electron chi connectivity index (χ0n) is 13.9. The van der Waals surface area contributed by atoms with Crippen LogP contribution in [0.25, 0.3) is 0 Å². The number of carbonyl (C=O) groups excluding carboxylic acids is 2. The minimum Gasteiger partial charge on any atom is -0.350 e. The van der Waals surface area contributed by atoms with Crippen LogP contribution in [0.3, 0.4) is 0 Å². The van der Waals surface area contributed by atoms with E-state index in [0.717, 1.165) is 25.1 Å². The number of hydrogen-bond donors (Lipinski definition) is 3. The molecule has 0 radical (unpaired) electrons. The molecule has 2 atom stereocenters. The number of amides is 2. The van der Waals surface area contributed by atoms with E-state index in [1.165, 1.54) is 0 Å². The van der Waals surface area contributed by atoms with Gasteiger partial charge >= 0.3 is 0 Å². The van der Waals surface area contributed by atoms with E-state index in [4.69, 9.17) is 0 Å². The van der Waals surface area contributed by atoms with Crippen LogP contribution in [0.5, 0.6) is 0 Å². The Labute approximate surface area is 144 Å². The van der Waals surface area contributed by atoms with E-state index in [0.29, 0.717) is 5.56 Å². The first kappa shape index (κ1) is 19.5. The molecule has 1 aromatic carbocycles. The highest BCUT2D eigenvalue weighted by Gasteiger charge is 2.27. The Bertz CT molecular complexity index is 542. The largest absolute Gasteiger partial charge is 0.350 e. The molecule has 1 aromatic rings. The van der Waals surface area contributed by atoms with Crippen LogP contribution in [0.4, 0.5) is 0 Å². The highest BCUT2D eigenvalue weighted by atomic mass is 35.5. The van der Waals surface area contributed by atoms with Crippen molar-refractivity contribution in [2.75, 3.05) is 13.1 Å². The molecule has 0 spiro atoms. The summed E-state index contributed by atoms with van der Waals surface area (Å²) < 4.78 is 0. The number of aryl methyl sites for hydroxylation is 1. The number of carbonyl (C=O) groups is 2. The molecule has 1 aliphatic heterocycles. The third-order valence-corrected chi connectivity index (χ3v) is 4.03. The van der Waals surface area contributed by atoms with Crippen LogP contribution in [-0.2, 0) is 4.79 Å². The predicted octanol–water partition coefficient (Wildman–Crippen LogP) is 1.65. The van der Waals surface area contributed by atoms with Gasteiger partial charge in [0.2, 0.25) is 5.91 Å². The van der Waals surface area contributed by atoms with Gasteiger partial charge in [-0.3, -0.25) is 9.59 Å². The number of halogens is 1. The third kappa shape index (κ3) is 5.22. The zero-order valence-corrected chi connectivity index (χ0v) is 14.7. The smallest absolute Gasteiger partial charge is 0.252 e. The van der Waals surface area contributed by atoms with Gasteiger partial charge in [0, 0.05) is 18.2 Å². The van der Waals surface area contributed by atoms with E-state index in [-0.39, 0.29) is 36.2 Å². The van der Waals surface area contributed by atoms with Gasteiger partial charge in [0.1, 0.15) is 6.04 Å². The summed E-state index contributed by atoms with van der Waals surface area (Å²) in [5.74, 6) is -0.274. The van der Waals surface area contributed by atoms with Crippen molar-refractivity contribution < 1.29 is 9.59 Å². The van der Waals surface area contributed by atoms with Gasteiger partial charge in [0.15, 0.2) is 0 Å². The van der Waals surface area contributed by atoms with Crippen LogP contribution in [0.1, 0.15) is 36.2 Å². The quantitative estimate of drug-likeness (QED) is 0.764. The second kappa shape index (κ2) is 8.89. The standard InChI is InChI=1S/C17H25N3O2.ClH/c1-11(2)15(17(22)19-13-8-9-18-10-13)20-16(21)14-7-5-4-6-12(14)3;/h4-7,11,13,15,18H,8-10H2,1-3H3,(H,19,22)(H,20,21);1H. The van der Waals surface area contributed by atoms with Gasteiger partial charge in [-0.15, -0.1) is 12.4 Å². The Morgan fingerprint density at radius 2 is 1.96 bits per heavy atom. The molecular weight excluding hydrogens is 314 g/mol. The lowest BCUT2D eigenvalue weighted by atomic mass is 10.0. The molecule has 6 heteroatoms. The molecule has 1 fully saturated rings. The minimum atomic E-state index is -0.521. The van der Waals surface area contributed by atoms with E-state index in [1.54, 1.807) is 6.07 Å². The Morgan fingerprint density at radius 3 is 2.52 bits per heavy atom. The highest BCUT2D eigenvalue weighted by molar-refractivity contribution is 5.98. The van der Waals surface area contributed by atoms with Crippen LogP contribution in [0.15, 0.2) is 24.3 Å². The van der Waals surface area contributed by atoms with Gasteiger partial charge in [0.05, 0.1) is 0 Å². The molecule has 3 N–H and O–H groups in total. The topological polar surface area (TPSA) is 70.2 Å². The lowest BCUT2D eigenvalue weighted by Crippen LogP contribution is -2.52. The second-order valence-corrected chi connectivity index (χ2v) is 6.21. The maximum atomic E-state index is 12.4. The lowest BCUT2D eigenvalue weighted by Gasteiger charge is -2.24. The molecule has 2 rings (SSSR count). The van der Waals surface area contributed by atoms with Gasteiger partial charge in [-0.1, -0.05) is 32.0 Å². The summed E-state index contributed by atoms with van der Waals surface area (Å²) in [7, 11) is 0. The summed E-state index contributed by atoms with van der Waals surface area (Å²) in [5.41, 5.74) is 1.52. The van der Waals surface area contributed by atoms with Crippen molar-refractivity contribution in [2.24, 2.45) is 5.92 Å². The Kier molecular flexibility index (Phi) is 7.52. The maximum absolute atomic E-state index is 12.4. The van der Waals surface area contributed by atoms with Crippen molar-refractivity contribution in [1.29, 1.82) is 0 Å². The molecule has 23 heavy (non-hydrogen) atoms. The van der Waals surface area contributed by atoms with Crippen molar-refractivity contribution in [3.63, 3.8) is 0 Å². The number of benzene rings is 1. The zero-order chi connectivity index (χ0) is 16.1. The first-order valence-corrected chi connectivity index (χ1v) is 7.86. The summed E-state index contributed by atoms with van der Waals surface area (Å²) in [5, 5.41) is 9.11. The Morgan fingerprint density at radius 1 is 1.26 bits per heavy atom. The summed E-state index contributed by atoms with van der Waals surface area (Å²) in [4.78, 5) is 24.9. The van der Waals surface area contributed by atoms with Crippen LogP contribution >= 0.6 is 12.4 Å². The molecule has 1 heterocycles. The average molecular weight is 340 g/mol. The van der Waals surface area contributed by atoms with E-state index in [9.17, 15) is 9.59 Å². The summed E-state index contributed by atoms with van der Waals surface area (Å²) in [6.07, 6.45) is 0.933. The van der Waals surface area contributed by atoms with Crippen molar-refractivity contribution in [3.8, 4) is 0 Å². The van der Waals surface area contributed by atoms with Gasteiger partial charge in [-0.2, -0.15) is 0 Å². The fourth-order valence-electron chi connectivity index (χ4n) is 2.65. The molecular formula is C17H26ClN3O2. The van der Waals surface area contributed by atoms with Crippen LogP contribution < -0.4 is 16.0 Å². The summed E-state index contributed by atoms with van der Waals surface area (Å²) in [6.45, 7) is 7.49. The number of nitrogens with one attached hydrogen (secondary N) is 3. The van der Waals surface area contributed by atoms with E-state index in [2.05, 4.69) is 16.0 Å². The molecule has 5 nitrogen and oxygen atoms in total. The van der Waals surface area contributed by atoms with Crippen LogP contribution in [0.2, 0.25) is 0 Å². The van der Waals surface area contributed by atoms with Gasteiger partial charge in [0.25, 0.3) is 5.91 Å². The van der Waals surface area contributed by atoms with Gasteiger partial charge in [-0.25, -0.2) is 0 Å². The lowest BCUT2D eigenvalue weighted by molar-refractivity contribution is -0.124. The Hall–Kier alpha value is -1.59. The van der Waals surface area contributed by atoms with Gasteiger partial charge in [-0.05, 0) is 37.4 Å². The fraction of sp³-hybridized carbons (Fsp3) is 0.529. The third-order valence-electron chi connectivity index (χ3n) is 4.03. The normalized spacial score (nSPS) is 18.2. The molecule has 0 aromatic heterocycles. The highest BCUT2D eigenvalue weighted by Crippen LogP contribution is 2.10. The van der Waals surface area contributed by atoms with E-state index < -0.39 is 6.04 Å². The molecule has 0 saturated carbocycles. The van der Waals surface area contributed by atoms with Crippen LogP contribution in [-0.4, -0.2) is 37.0 Å². The first-order valence-electron chi connectivity index (χ1n) is 7.86. The Balaban J connectivity index is 0.00000264. The summed E-state index contributed by atoms with van der Waals surface area (Å²) in [6, 6.07) is 7.03. The van der Waals surface area contributed by atoms with Crippen molar-refractivity contribution in [2.45, 2.75) is 39.3 Å². The van der Waals surface area contributed by atoms with Gasteiger partial charge < -0.3 is 16.0 Å². The average Bonchev–Trinajstić information content (AvgIpc) is 2.97. The maximum Gasteiger partial charge on any atom is 0.252 e. The first-order chi connectivity index (χ1) is 10.5. The second-order valence-electron chi connectivity index (χ2n) is 6.21. The molecule has 1 saturated heterocycles. The molecule has 0 aliphatic carbocycles. The van der Waals surface area contributed by atoms with E-state index in [1.807, 2.05) is 39.0 Å². The molecule has 128 valence electrons. The minimum absolute atomic E-state index is 0. The SMILES string of the molecule is Cc1ccccc1C(=O)NC(C(=O)NC1CCNC1)C(C)C.Cl. The predicted molar refractivity (Wildman–Crippen MR) is 93.9 cm³/mol. The van der Waals surface area contributed by atoms with Crippen molar-refractivity contribution >= 4 is 24.2 Å². The van der Waals surface area contributed by atoms with E-state index >= 15 is 0 Å². The monoisotopic (exact) mass is 339 g/mol. The molecule has 0 bridgehead atoms. The summed E-state index contributed by atoms with van der Waals surface area (Å²) >= 11 is 0. The molecule has 2 unspecified atom stereocenters. The number of hydrogen-bond acceptors (Lipinski definition) is 3. The van der Waals surface area contributed by atoms with Crippen LogP contribution in [0, 0.1) is 12.8 Å². The van der Waals surface area contributed by atoms with Crippen molar-refractivity contribution in [3.05, 3.63) is 35.4 Å². The molecule has 2 amide bonds. The van der Waals surface area contributed by atoms with Crippen molar-refractivity contribution in [1.82, 2.24) is 16.0 Å². The fourth-order valence-corrected chi connectivity index (χ4v) is 2.65. The molecule has 1 aliphatic rings. The number of rotatable bonds is 5.